The molecule has 122 valence electrons. The molecular formula is C17H12F3N3O. The van der Waals surface area contributed by atoms with Crippen molar-refractivity contribution < 1.29 is 17.9 Å². The first-order chi connectivity index (χ1) is 11.6. The standard InChI is InChI=1S/C17H12F3N3O/c18-13-9-11(4-5-14(13)24-17(19)20)12-6-8-22-16(10-12)23-15-3-1-2-7-21-15/h1-10,17H,(H,21,22,23). The van der Waals surface area contributed by atoms with Crippen LogP contribution in [0.15, 0.2) is 60.9 Å². The van der Waals surface area contributed by atoms with Gasteiger partial charge in [0.2, 0.25) is 0 Å². The fraction of sp³-hybridized carbons (Fsp3) is 0.0588. The summed E-state index contributed by atoms with van der Waals surface area (Å²) in [5.41, 5.74) is 1.19. The molecule has 3 aromatic rings. The average Bonchev–Trinajstić information content (AvgIpc) is 2.57. The highest BCUT2D eigenvalue weighted by molar-refractivity contribution is 5.68. The quantitative estimate of drug-likeness (QED) is 0.740. The van der Waals surface area contributed by atoms with Gasteiger partial charge in [0.25, 0.3) is 0 Å². The first-order valence-corrected chi connectivity index (χ1v) is 7.00. The molecule has 0 fully saturated rings. The predicted octanol–water partition coefficient (Wildman–Crippen LogP) is 4.63. The van der Waals surface area contributed by atoms with E-state index in [1.807, 2.05) is 6.07 Å². The first kappa shape index (κ1) is 15.8. The number of nitrogens with zero attached hydrogens (tertiary/aromatic N) is 2. The number of hydrogen-bond donors (Lipinski definition) is 1. The van der Waals surface area contributed by atoms with Crippen LogP contribution >= 0.6 is 0 Å². The van der Waals surface area contributed by atoms with Gasteiger partial charge < -0.3 is 10.1 Å². The van der Waals surface area contributed by atoms with E-state index < -0.39 is 18.2 Å². The van der Waals surface area contributed by atoms with Gasteiger partial charge >= 0.3 is 6.61 Å². The summed E-state index contributed by atoms with van der Waals surface area (Å²) >= 11 is 0. The average molecular weight is 331 g/mol. The maximum absolute atomic E-state index is 13.8. The summed E-state index contributed by atoms with van der Waals surface area (Å²) in [5.74, 6) is -0.202. The highest BCUT2D eigenvalue weighted by atomic mass is 19.3. The Labute approximate surface area is 136 Å². The minimum absolute atomic E-state index is 0.491. The molecule has 0 aliphatic rings. The van der Waals surface area contributed by atoms with Gasteiger partial charge in [-0.15, -0.1) is 0 Å². The Morgan fingerprint density at radius 2 is 1.67 bits per heavy atom. The molecule has 0 radical (unpaired) electrons. The number of aromatic nitrogens is 2. The lowest BCUT2D eigenvalue weighted by Gasteiger charge is -2.09. The van der Waals surface area contributed by atoms with Gasteiger partial charge in [0.15, 0.2) is 11.6 Å². The van der Waals surface area contributed by atoms with Gasteiger partial charge in [0.05, 0.1) is 0 Å². The largest absolute Gasteiger partial charge is 0.432 e. The van der Waals surface area contributed by atoms with Crippen molar-refractivity contribution in [1.29, 1.82) is 0 Å². The van der Waals surface area contributed by atoms with Gasteiger partial charge in [-0.3, -0.25) is 0 Å². The number of rotatable bonds is 5. The van der Waals surface area contributed by atoms with Crippen molar-refractivity contribution in [3.63, 3.8) is 0 Å². The smallest absolute Gasteiger partial charge is 0.387 e. The minimum atomic E-state index is -3.07. The normalized spacial score (nSPS) is 10.7. The van der Waals surface area contributed by atoms with E-state index in [1.165, 1.54) is 12.1 Å². The molecule has 0 amide bonds. The maximum atomic E-state index is 13.8. The molecule has 0 aliphatic carbocycles. The van der Waals surface area contributed by atoms with E-state index in [4.69, 9.17) is 0 Å². The van der Waals surface area contributed by atoms with Crippen LogP contribution in [0.4, 0.5) is 24.8 Å². The van der Waals surface area contributed by atoms with Gasteiger partial charge in [-0.2, -0.15) is 8.78 Å². The second-order valence-corrected chi connectivity index (χ2v) is 4.79. The predicted molar refractivity (Wildman–Crippen MR) is 83.8 cm³/mol. The Bertz CT molecular complexity index is 828. The number of benzene rings is 1. The van der Waals surface area contributed by atoms with Crippen molar-refractivity contribution >= 4 is 11.6 Å². The third-order valence-corrected chi connectivity index (χ3v) is 3.16. The molecule has 0 bridgehead atoms. The number of nitrogens with one attached hydrogen (secondary N) is 1. The van der Waals surface area contributed by atoms with Gasteiger partial charge in [0, 0.05) is 12.4 Å². The summed E-state index contributed by atoms with van der Waals surface area (Å²) in [5, 5.41) is 3.03. The molecule has 7 heteroatoms. The van der Waals surface area contributed by atoms with E-state index in [2.05, 4.69) is 20.0 Å². The van der Waals surface area contributed by atoms with Crippen molar-refractivity contribution in [2.24, 2.45) is 0 Å². The molecule has 0 spiro atoms. The molecule has 3 rings (SSSR count). The lowest BCUT2D eigenvalue weighted by atomic mass is 10.1. The van der Waals surface area contributed by atoms with E-state index in [9.17, 15) is 13.2 Å². The summed E-state index contributed by atoms with van der Waals surface area (Å²) in [6.07, 6.45) is 3.20. The summed E-state index contributed by atoms with van der Waals surface area (Å²) < 4.78 is 42.3. The van der Waals surface area contributed by atoms with Crippen LogP contribution in [0.25, 0.3) is 11.1 Å². The van der Waals surface area contributed by atoms with Crippen LogP contribution in [0.2, 0.25) is 0 Å². The number of halogens is 3. The Morgan fingerprint density at radius 3 is 2.38 bits per heavy atom. The molecule has 2 aromatic heterocycles. The van der Waals surface area contributed by atoms with Gasteiger partial charge in [0.1, 0.15) is 11.6 Å². The summed E-state index contributed by atoms with van der Waals surface area (Å²) in [6, 6.07) is 12.6. The fourth-order valence-corrected chi connectivity index (χ4v) is 2.12. The monoisotopic (exact) mass is 331 g/mol. The van der Waals surface area contributed by atoms with Crippen LogP contribution in [-0.2, 0) is 0 Å². The molecule has 0 saturated heterocycles. The lowest BCUT2D eigenvalue weighted by molar-refractivity contribution is -0.0521. The van der Waals surface area contributed by atoms with Crippen LogP contribution in [0.1, 0.15) is 0 Å². The zero-order valence-electron chi connectivity index (χ0n) is 12.3. The zero-order chi connectivity index (χ0) is 16.9. The topological polar surface area (TPSA) is 47.0 Å². The molecule has 1 aromatic carbocycles. The highest BCUT2D eigenvalue weighted by Crippen LogP contribution is 2.28. The Balaban J connectivity index is 1.85. The summed E-state index contributed by atoms with van der Waals surface area (Å²) in [4.78, 5) is 8.30. The fourth-order valence-electron chi connectivity index (χ4n) is 2.12. The number of ether oxygens (including phenoxy) is 1. The van der Waals surface area contributed by atoms with Gasteiger partial charge in [-0.05, 0) is 47.5 Å². The molecule has 0 saturated carbocycles. The molecule has 0 atom stereocenters. The number of pyridine rings is 2. The van der Waals surface area contributed by atoms with Crippen molar-refractivity contribution in [2.75, 3.05) is 5.32 Å². The molecule has 4 nitrogen and oxygen atoms in total. The molecule has 24 heavy (non-hydrogen) atoms. The Hall–Kier alpha value is -3.09. The third kappa shape index (κ3) is 3.81. The first-order valence-electron chi connectivity index (χ1n) is 7.00. The number of alkyl halides is 2. The number of hydrogen-bond acceptors (Lipinski definition) is 4. The minimum Gasteiger partial charge on any atom is -0.432 e. The van der Waals surface area contributed by atoms with E-state index in [0.29, 0.717) is 22.8 Å². The van der Waals surface area contributed by atoms with Crippen molar-refractivity contribution in [2.45, 2.75) is 6.61 Å². The number of anilines is 2. The van der Waals surface area contributed by atoms with Crippen LogP contribution in [-0.4, -0.2) is 16.6 Å². The second-order valence-electron chi connectivity index (χ2n) is 4.79. The molecular weight excluding hydrogens is 319 g/mol. The molecule has 0 unspecified atom stereocenters. The summed E-state index contributed by atoms with van der Waals surface area (Å²) in [6.45, 7) is -3.07. The van der Waals surface area contributed by atoms with Gasteiger partial charge in [-0.1, -0.05) is 12.1 Å². The Morgan fingerprint density at radius 1 is 0.875 bits per heavy atom. The van der Waals surface area contributed by atoms with Crippen molar-refractivity contribution in [1.82, 2.24) is 9.97 Å². The maximum Gasteiger partial charge on any atom is 0.387 e. The third-order valence-electron chi connectivity index (χ3n) is 3.16. The van der Waals surface area contributed by atoms with Crippen molar-refractivity contribution in [3.8, 4) is 16.9 Å². The molecule has 2 heterocycles. The lowest BCUT2D eigenvalue weighted by Crippen LogP contribution is -2.03. The van der Waals surface area contributed by atoms with Crippen LogP contribution in [0, 0.1) is 5.82 Å². The van der Waals surface area contributed by atoms with E-state index in [-0.39, 0.29) is 0 Å². The SMILES string of the molecule is Fc1cc(-c2ccnc(Nc3ccccn3)c2)ccc1OC(F)F. The van der Waals surface area contributed by atoms with E-state index >= 15 is 0 Å². The Kier molecular flexibility index (Phi) is 4.60. The van der Waals surface area contributed by atoms with E-state index in [0.717, 1.165) is 6.07 Å². The van der Waals surface area contributed by atoms with Crippen LogP contribution in [0.5, 0.6) is 5.75 Å². The van der Waals surface area contributed by atoms with Crippen LogP contribution in [0.3, 0.4) is 0 Å². The molecule has 0 aliphatic heterocycles. The van der Waals surface area contributed by atoms with Gasteiger partial charge in [-0.25, -0.2) is 14.4 Å². The van der Waals surface area contributed by atoms with Crippen LogP contribution < -0.4 is 10.1 Å². The van der Waals surface area contributed by atoms with E-state index in [1.54, 1.807) is 36.7 Å². The molecule has 1 N–H and O–H groups in total. The zero-order valence-corrected chi connectivity index (χ0v) is 12.3. The highest BCUT2D eigenvalue weighted by Gasteiger charge is 2.11. The second kappa shape index (κ2) is 6.99. The van der Waals surface area contributed by atoms with Crippen molar-refractivity contribution in [3.05, 3.63) is 66.7 Å². The summed E-state index contributed by atoms with van der Waals surface area (Å²) in [7, 11) is 0.